The Balaban J connectivity index is 1.59. The van der Waals surface area contributed by atoms with Crippen LogP contribution in [0.4, 0.5) is 11.4 Å². The number of nitrogens with one attached hydrogen (secondary N) is 1. The largest absolute Gasteiger partial charge is 0.479 e. The lowest BCUT2D eigenvalue weighted by molar-refractivity contribution is -0.154. The minimum atomic E-state index is -0.864. The van der Waals surface area contributed by atoms with E-state index in [-0.39, 0.29) is 12.5 Å². The molecule has 0 fully saturated rings. The molecule has 2 amide bonds. The molecular weight excluding hydrogens is 348 g/mol. The number of anilines is 2. The Bertz CT molecular complexity index is 880. The van der Waals surface area contributed by atoms with Crippen LogP contribution in [0.25, 0.3) is 0 Å². The number of hydrogen-bond acceptors (Lipinski definition) is 5. The zero-order chi connectivity index (χ0) is 19.4. The van der Waals surface area contributed by atoms with Gasteiger partial charge in [0, 0.05) is 0 Å². The van der Waals surface area contributed by atoms with Crippen LogP contribution in [-0.2, 0) is 19.1 Å². The summed E-state index contributed by atoms with van der Waals surface area (Å²) < 4.78 is 10.6. The number of esters is 1. The molecule has 1 heterocycles. The second-order valence-electron chi connectivity index (χ2n) is 6.23. The molecule has 0 radical (unpaired) electrons. The Kier molecular flexibility index (Phi) is 5.40. The molecule has 0 saturated carbocycles. The van der Waals surface area contributed by atoms with Gasteiger partial charge in [-0.2, -0.15) is 0 Å². The van der Waals surface area contributed by atoms with Crippen molar-refractivity contribution in [2.24, 2.45) is 0 Å². The molecule has 2 aromatic rings. The van der Waals surface area contributed by atoms with Gasteiger partial charge in [-0.15, -0.1) is 0 Å². The number of para-hydroxylation sites is 2. The van der Waals surface area contributed by atoms with Crippen LogP contribution < -0.4 is 15.0 Å². The zero-order valence-corrected chi connectivity index (χ0v) is 15.1. The number of fused-ring (bicyclic) bond motifs is 1. The van der Waals surface area contributed by atoms with E-state index in [9.17, 15) is 14.4 Å². The van der Waals surface area contributed by atoms with Crippen LogP contribution in [0.3, 0.4) is 0 Å². The van der Waals surface area contributed by atoms with E-state index in [2.05, 4.69) is 5.32 Å². The van der Waals surface area contributed by atoms with Crippen molar-refractivity contribution in [2.45, 2.75) is 20.0 Å². The highest BCUT2D eigenvalue weighted by Gasteiger charge is 2.28. The van der Waals surface area contributed by atoms with Gasteiger partial charge in [-0.05, 0) is 43.7 Å². The average molecular weight is 368 g/mol. The number of rotatable bonds is 5. The number of aryl methyl sites for hydroxylation is 1. The molecule has 0 spiro atoms. The van der Waals surface area contributed by atoms with Crippen LogP contribution in [0.15, 0.2) is 48.5 Å². The van der Waals surface area contributed by atoms with E-state index in [1.807, 2.05) is 19.1 Å². The summed E-state index contributed by atoms with van der Waals surface area (Å²) >= 11 is 0. The van der Waals surface area contributed by atoms with E-state index in [4.69, 9.17) is 9.47 Å². The average Bonchev–Trinajstić information content (AvgIpc) is 2.65. The lowest BCUT2D eigenvalue weighted by Gasteiger charge is -2.29. The molecule has 1 atom stereocenters. The molecule has 1 N–H and O–H groups in total. The molecule has 0 aromatic heterocycles. The highest BCUT2D eigenvalue weighted by Crippen LogP contribution is 2.28. The Hall–Kier alpha value is -3.35. The summed E-state index contributed by atoms with van der Waals surface area (Å²) in [5, 5.41) is 2.70. The van der Waals surface area contributed by atoms with Crippen LogP contribution in [0.5, 0.6) is 5.75 Å². The van der Waals surface area contributed by atoms with Gasteiger partial charge in [-0.25, -0.2) is 4.79 Å². The maximum Gasteiger partial charge on any atom is 0.347 e. The second kappa shape index (κ2) is 7.90. The smallest absolute Gasteiger partial charge is 0.347 e. The van der Waals surface area contributed by atoms with Crippen molar-refractivity contribution < 1.29 is 23.9 Å². The first-order valence-electron chi connectivity index (χ1n) is 8.53. The Morgan fingerprint density at radius 3 is 2.74 bits per heavy atom. The highest BCUT2D eigenvalue weighted by molar-refractivity contribution is 6.10. The quantitative estimate of drug-likeness (QED) is 0.819. The Labute approximate surface area is 156 Å². The van der Waals surface area contributed by atoms with Crippen molar-refractivity contribution in [3.8, 4) is 5.75 Å². The standard InChI is InChI=1S/C20H20N2O5/c1-13-6-5-7-15(10-13)27-14(2)20(25)26-12-19(24)22-11-18(23)21-16-8-3-4-9-17(16)22/h3-10,14H,11-12H2,1-2H3,(H,21,23)/t14-/m1/s1. The molecule has 7 heteroatoms. The molecule has 140 valence electrons. The van der Waals surface area contributed by atoms with Gasteiger partial charge in [0.2, 0.25) is 5.91 Å². The number of ether oxygens (including phenoxy) is 2. The van der Waals surface area contributed by atoms with Gasteiger partial charge in [-0.1, -0.05) is 24.3 Å². The molecule has 2 aromatic carbocycles. The third-order valence-corrected chi connectivity index (χ3v) is 4.04. The van der Waals surface area contributed by atoms with E-state index in [1.165, 1.54) is 4.90 Å². The maximum absolute atomic E-state index is 12.5. The summed E-state index contributed by atoms with van der Waals surface area (Å²) in [6.07, 6.45) is -0.864. The maximum atomic E-state index is 12.5. The van der Waals surface area contributed by atoms with E-state index < -0.39 is 24.6 Å². The first-order valence-corrected chi connectivity index (χ1v) is 8.53. The van der Waals surface area contributed by atoms with E-state index in [1.54, 1.807) is 43.3 Å². The first kappa shape index (κ1) is 18.4. The van der Waals surface area contributed by atoms with Crippen LogP contribution in [-0.4, -0.2) is 37.0 Å². The molecule has 0 unspecified atom stereocenters. The number of carbonyl (C=O) groups is 3. The topological polar surface area (TPSA) is 84.9 Å². The number of amides is 2. The molecule has 0 saturated heterocycles. The summed E-state index contributed by atoms with van der Waals surface area (Å²) in [7, 11) is 0. The lowest BCUT2D eigenvalue weighted by Crippen LogP contribution is -2.44. The summed E-state index contributed by atoms with van der Waals surface area (Å²) in [4.78, 5) is 37.7. The van der Waals surface area contributed by atoms with E-state index >= 15 is 0 Å². The Morgan fingerprint density at radius 2 is 1.96 bits per heavy atom. The molecule has 27 heavy (non-hydrogen) atoms. The number of nitrogens with zero attached hydrogens (tertiary/aromatic N) is 1. The van der Waals surface area contributed by atoms with Crippen molar-refractivity contribution in [1.29, 1.82) is 0 Å². The summed E-state index contributed by atoms with van der Waals surface area (Å²) in [5.74, 6) is -0.884. The zero-order valence-electron chi connectivity index (χ0n) is 15.1. The summed E-state index contributed by atoms with van der Waals surface area (Å²) in [5.41, 5.74) is 2.12. The fourth-order valence-electron chi connectivity index (χ4n) is 2.72. The molecule has 3 rings (SSSR count). The number of hydrogen-bond donors (Lipinski definition) is 1. The molecular formula is C20H20N2O5. The summed E-state index contributed by atoms with van der Waals surface area (Å²) in [6.45, 7) is 2.88. The van der Waals surface area contributed by atoms with E-state index in [0.717, 1.165) is 5.56 Å². The van der Waals surface area contributed by atoms with Crippen molar-refractivity contribution >= 4 is 29.2 Å². The van der Waals surface area contributed by atoms with Gasteiger partial charge >= 0.3 is 5.97 Å². The second-order valence-corrected chi connectivity index (χ2v) is 6.23. The third kappa shape index (κ3) is 4.44. The molecule has 7 nitrogen and oxygen atoms in total. The highest BCUT2D eigenvalue weighted by atomic mass is 16.6. The minimum absolute atomic E-state index is 0.122. The van der Waals surface area contributed by atoms with Gasteiger partial charge in [0.15, 0.2) is 12.7 Å². The van der Waals surface area contributed by atoms with Crippen molar-refractivity contribution in [1.82, 2.24) is 0 Å². The minimum Gasteiger partial charge on any atom is -0.479 e. The molecule has 1 aliphatic heterocycles. The first-order chi connectivity index (χ1) is 12.9. The normalized spacial score (nSPS) is 14.0. The van der Waals surface area contributed by atoms with Crippen LogP contribution in [0.1, 0.15) is 12.5 Å². The van der Waals surface area contributed by atoms with Gasteiger partial charge in [0.05, 0.1) is 11.4 Å². The SMILES string of the molecule is Cc1cccc(O[C@H](C)C(=O)OCC(=O)N2CC(=O)Nc3ccccc32)c1. The van der Waals surface area contributed by atoms with Gasteiger partial charge in [0.25, 0.3) is 5.91 Å². The predicted molar refractivity (Wildman–Crippen MR) is 99.7 cm³/mol. The Morgan fingerprint density at radius 1 is 1.19 bits per heavy atom. The lowest BCUT2D eigenvalue weighted by atomic mass is 10.2. The van der Waals surface area contributed by atoms with Crippen LogP contribution >= 0.6 is 0 Å². The van der Waals surface area contributed by atoms with Crippen molar-refractivity contribution in [3.05, 3.63) is 54.1 Å². The van der Waals surface area contributed by atoms with Gasteiger partial charge in [-0.3, -0.25) is 14.5 Å². The monoisotopic (exact) mass is 368 g/mol. The van der Waals surface area contributed by atoms with E-state index in [0.29, 0.717) is 17.1 Å². The molecule has 0 bridgehead atoms. The molecule has 0 aliphatic carbocycles. The summed E-state index contributed by atoms with van der Waals surface area (Å²) in [6, 6.07) is 14.2. The fraction of sp³-hybridized carbons (Fsp3) is 0.250. The van der Waals surface area contributed by atoms with Crippen LogP contribution in [0, 0.1) is 6.92 Å². The predicted octanol–water partition coefficient (Wildman–Crippen LogP) is 2.29. The number of carbonyl (C=O) groups excluding carboxylic acids is 3. The van der Waals surface area contributed by atoms with Crippen LogP contribution in [0.2, 0.25) is 0 Å². The van der Waals surface area contributed by atoms with Gasteiger partial charge in [0.1, 0.15) is 12.3 Å². The van der Waals surface area contributed by atoms with Crippen molar-refractivity contribution in [3.63, 3.8) is 0 Å². The number of benzene rings is 2. The third-order valence-electron chi connectivity index (χ3n) is 4.04. The fourth-order valence-corrected chi connectivity index (χ4v) is 2.72. The molecule has 1 aliphatic rings. The van der Waals surface area contributed by atoms with Gasteiger partial charge < -0.3 is 14.8 Å². The van der Waals surface area contributed by atoms with Crippen molar-refractivity contribution in [2.75, 3.05) is 23.4 Å².